The van der Waals surface area contributed by atoms with Gasteiger partial charge < -0.3 is 4.74 Å². The number of esters is 1. The lowest BCUT2D eigenvalue weighted by molar-refractivity contribution is 0.0531. The molecule has 20 heavy (non-hydrogen) atoms. The SMILES string of the molecule is CCOC(=O)c1sc2c(C(C)=O)ccc(C=O)c2c1C. The quantitative estimate of drug-likeness (QED) is 0.492. The highest BCUT2D eigenvalue weighted by Gasteiger charge is 2.21. The van der Waals surface area contributed by atoms with Crippen molar-refractivity contribution in [3.63, 3.8) is 0 Å². The second kappa shape index (κ2) is 5.54. The number of hydrogen-bond donors (Lipinski definition) is 0. The van der Waals surface area contributed by atoms with Gasteiger partial charge in [0.25, 0.3) is 0 Å². The van der Waals surface area contributed by atoms with Crippen molar-refractivity contribution in [1.29, 1.82) is 0 Å². The van der Waals surface area contributed by atoms with Crippen LogP contribution in [0.5, 0.6) is 0 Å². The van der Waals surface area contributed by atoms with E-state index in [4.69, 9.17) is 4.74 Å². The number of hydrogen-bond acceptors (Lipinski definition) is 5. The van der Waals surface area contributed by atoms with Crippen LogP contribution in [-0.4, -0.2) is 24.6 Å². The lowest BCUT2D eigenvalue weighted by Gasteiger charge is -2.01. The molecule has 0 spiro atoms. The summed E-state index contributed by atoms with van der Waals surface area (Å²) < 4.78 is 5.68. The molecular weight excluding hydrogens is 276 g/mol. The first-order chi connectivity index (χ1) is 9.51. The number of thiophene rings is 1. The van der Waals surface area contributed by atoms with Gasteiger partial charge in [-0.3, -0.25) is 9.59 Å². The first-order valence-electron chi connectivity index (χ1n) is 6.20. The fraction of sp³-hybridized carbons (Fsp3) is 0.267. The van der Waals surface area contributed by atoms with Gasteiger partial charge >= 0.3 is 5.97 Å². The van der Waals surface area contributed by atoms with Gasteiger partial charge in [0.2, 0.25) is 0 Å². The van der Waals surface area contributed by atoms with Crippen LogP contribution in [0, 0.1) is 6.92 Å². The standard InChI is InChI=1S/C15H14O4S/c1-4-19-15(18)13-8(2)12-10(7-16)5-6-11(9(3)17)14(12)20-13/h5-7H,4H2,1-3H3. The number of fused-ring (bicyclic) bond motifs is 1. The Labute approximate surface area is 120 Å². The predicted octanol–water partition coefficient (Wildman–Crippen LogP) is 3.40. The average molecular weight is 290 g/mol. The van der Waals surface area contributed by atoms with Gasteiger partial charge in [0.15, 0.2) is 12.1 Å². The van der Waals surface area contributed by atoms with E-state index in [1.54, 1.807) is 26.0 Å². The summed E-state index contributed by atoms with van der Waals surface area (Å²) in [5.41, 5.74) is 1.69. The molecule has 4 nitrogen and oxygen atoms in total. The number of aryl methyl sites for hydroxylation is 1. The van der Waals surface area contributed by atoms with E-state index in [1.807, 2.05) is 0 Å². The van der Waals surface area contributed by atoms with Crippen molar-refractivity contribution in [2.24, 2.45) is 0 Å². The third-order valence-corrected chi connectivity index (χ3v) is 4.38. The zero-order valence-electron chi connectivity index (χ0n) is 11.5. The molecule has 0 saturated carbocycles. The van der Waals surface area contributed by atoms with Crippen LogP contribution in [0.2, 0.25) is 0 Å². The predicted molar refractivity (Wildman–Crippen MR) is 77.9 cm³/mol. The van der Waals surface area contributed by atoms with E-state index in [-0.39, 0.29) is 12.4 Å². The average Bonchev–Trinajstić information content (AvgIpc) is 2.76. The summed E-state index contributed by atoms with van der Waals surface area (Å²) in [5.74, 6) is -0.512. The van der Waals surface area contributed by atoms with E-state index in [0.717, 1.165) is 6.29 Å². The molecule has 2 rings (SSSR count). The Bertz CT molecular complexity index is 712. The number of aldehydes is 1. The molecule has 1 aromatic heterocycles. The van der Waals surface area contributed by atoms with E-state index < -0.39 is 5.97 Å². The Morgan fingerprint density at radius 2 is 2.05 bits per heavy atom. The van der Waals surface area contributed by atoms with Crippen molar-refractivity contribution in [1.82, 2.24) is 0 Å². The monoisotopic (exact) mass is 290 g/mol. The number of ether oxygens (including phenoxy) is 1. The maximum Gasteiger partial charge on any atom is 0.348 e. The van der Waals surface area contributed by atoms with Crippen molar-refractivity contribution < 1.29 is 19.1 Å². The van der Waals surface area contributed by atoms with Gasteiger partial charge in [0.05, 0.1) is 6.61 Å². The smallest absolute Gasteiger partial charge is 0.348 e. The number of carbonyl (C=O) groups excluding carboxylic acids is 3. The summed E-state index contributed by atoms with van der Waals surface area (Å²) in [5, 5.41) is 0.667. The molecule has 0 bridgehead atoms. The zero-order valence-corrected chi connectivity index (χ0v) is 12.3. The van der Waals surface area contributed by atoms with E-state index in [2.05, 4.69) is 0 Å². The highest BCUT2D eigenvalue weighted by atomic mass is 32.1. The molecule has 0 aliphatic carbocycles. The Hall–Kier alpha value is -2.01. The van der Waals surface area contributed by atoms with Gasteiger partial charge in [0.1, 0.15) is 4.88 Å². The Morgan fingerprint density at radius 1 is 1.35 bits per heavy atom. The minimum absolute atomic E-state index is 0.0934. The minimum atomic E-state index is -0.419. The molecule has 0 fully saturated rings. The van der Waals surface area contributed by atoms with Gasteiger partial charge in [-0.25, -0.2) is 4.79 Å². The third kappa shape index (κ3) is 2.25. The number of Topliss-reactive ketones (excluding diaryl/α,β-unsaturated/α-hetero) is 1. The largest absolute Gasteiger partial charge is 0.462 e. The molecule has 0 atom stereocenters. The highest BCUT2D eigenvalue weighted by Crippen LogP contribution is 2.36. The van der Waals surface area contributed by atoms with Crippen LogP contribution in [0.15, 0.2) is 12.1 Å². The van der Waals surface area contributed by atoms with Crippen molar-refractivity contribution in [2.75, 3.05) is 6.61 Å². The van der Waals surface area contributed by atoms with Gasteiger partial charge in [0, 0.05) is 21.2 Å². The van der Waals surface area contributed by atoms with E-state index in [0.29, 0.717) is 31.7 Å². The van der Waals surface area contributed by atoms with Crippen LogP contribution in [0.1, 0.15) is 49.8 Å². The molecular formula is C15H14O4S. The topological polar surface area (TPSA) is 60.4 Å². The molecule has 0 saturated heterocycles. The van der Waals surface area contributed by atoms with Gasteiger partial charge in [-0.1, -0.05) is 6.07 Å². The Morgan fingerprint density at radius 3 is 2.60 bits per heavy atom. The molecule has 0 aliphatic rings. The van der Waals surface area contributed by atoms with Gasteiger partial charge in [-0.2, -0.15) is 0 Å². The summed E-state index contributed by atoms with van der Waals surface area (Å²) in [6, 6.07) is 3.24. The van der Waals surface area contributed by atoms with Crippen LogP contribution < -0.4 is 0 Å². The first kappa shape index (κ1) is 14.4. The number of ketones is 1. The highest BCUT2D eigenvalue weighted by molar-refractivity contribution is 7.21. The van der Waals surface area contributed by atoms with Crippen molar-refractivity contribution in [3.8, 4) is 0 Å². The second-order valence-corrected chi connectivity index (χ2v) is 5.38. The molecule has 104 valence electrons. The van der Waals surface area contributed by atoms with Crippen LogP contribution in [0.25, 0.3) is 10.1 Å². The maximum absolute atomic E-state index is 11.9. The van der Waals surface area contributed by atoms with Crippen molar-refractivity contribution >= 4 is 39.5 Å². The van der Waals surface area contributed by atoms with Crippen molar-refractivity contribution in [3.05, 3.63) is 33.7 Å². The van der Waals surface area contributed by atoms with Crippen LogP contribution in [0.3, 0.4) is 0 Å². The summed E-state index contributed by atoms with van der Waals surface area (Å²) in [4.78, 5) is 35.2. The maximum atomic E-state index is 11.9. The molecule has 1 aromatic carbocycles. The van der Waals surface area contributed by atoms with E-state index in [9.17, 15) is 14.4 Å². The normalized spacial score (nSPS) is 10.6. The van der Waals surface area contributed by atoms with E-state index >= 15 is 0 Å². The molecule has 1 heterocycles. The fourth-order valence-corrected chi connectivity index (χ4v) is 3.45. The second-order valence-electron chi connectivity index (χ2n) is 4.36. The molecule has 0 N–H and O–H groups in total. The van der Waals surface area contributed by atoms with Crippen molar-refractivity contribution in [2.45, 2.75) is 20.8 Å². The van der Waals surface area contributed by atoms with Gasteiger partial charge in [-0.15, -0.1) is 11.3 Å². The molecule has 0 radical (unpaired) electrons. The molecule has 0 aliphatic heterocycles. The zero-order chi connectivity index (χ0) is 14.9. The summed E-state index contributed by atoms with van der Waals surface area (Å²) >= 11 is 1.20. The Kier molecular flexibility index (Phi) is 3.99. The van der Waals surface area contributed by atoms with Crippen LogP contribution in [0.4, 0.5) is 0 Å². The number of carbonyl (C=O) groups is 3. The lowest BCUT2D eigenvalue weighted by Crippen LogP contribution is -2.03. The number of rotatable bonds is 4. The molecule has 2 aromatic rings. The molecule has 5 heteroatoms. The van der Waals surface area contributed by atoms with Crippen LogP contribution >= 0.6 is 11.3 Å². The Balaban J connectivity index is 2.80. The first-order valence-corrected chi connectivity index (χ1v) is 7.02. The molecule has 0 amide bonds. The summed E-state index contributed by atoms with van der Waals surface area (Å²) in [7, 11) is 0. The summed E-state index contributed by atoms with van der Waals surface area (Å²) in [6.07, 6.45) is 0.737. The lowest BCUT2D eigenvalue weighted by atomic mass is 10.0. The minimum Gasteiger partial charge on any atom is -0.462 e. The molecule has 0 unspecified atom stereocenters. The fourth-order valence-electron chi connectivity index (χ4n) is 2.15. The van der Waals surface area contributed by atoms with Gasteiger partial charge in [-0.05, 0) is 32.4 Å². The third-order valence-electron chi connectivity index (χ3n) is 3.08. The summed E-state index contributed by atoms with van der Waals surface area (Å²) in [6.45, 7) is 5.25. The van der Waals surface area contributed by atoms with E-state index in [1.165, 1.54) is 18.3 Å². The number of benzene rings is 1. The van der Waals surface area contributed by atoms with Crippen LogP contribution in [-0.2, 0) is 4.74 Å².